The van der Waals surface area contributed by atoms with E-state index in [-0.39, 0.29) is 11.7 Å². The predicted octanol–water partition coefficient (Wildman–Crippen LogP) is 1.12. The number of benzene rings is 1. The van der Waals surface area contributed by atoms with E-state index in [9.17, 15) is 9.90 Å². The van der Waals surface area contributed by atoms with Crippen LogP contribution in [0.3, 0.4) is 0 Å². The normalized spacial score (nSPS) is 17.4. The minimum absolute atomic E-state index is 0.180. The van der Waals surface area contributed by atoms with Gasteiger partial charge in [-0.15, -0.1) is 0 Å². The zero-order chi connectivity index (χ0) is 15.5. The van der Waals surface area contributed by atoms with Gasteiger partial charge in [0, 0.05) is 13.2 Å². The summed E-state index contributed by atoms with van der Waals surface area (Å²) >= 11 is 0. The summed E-state index contributed by atoms with van der Waals surface area (Å²) in [7, 11) is 1.83. The zero-order valence-corrected chi connectivity index (χ0v) is 12.4. The highest BCUT2D eigenvalue weighted by molar-refractivity contribution is 5.95. The summed E-state index contributed by atoms with van der Waals surface area (Å²) in [5.41, 5.74) is 1.64. The van der Waals surface area contributed by atoms with Gasteiger partial charge in [-0.1, -0.05) is 0 Å². The molecule has 1 aliphatic heterocycles. The van der Waals surface area contributed by atoms with Crippen molar-refractivity contribution in [1.82, 2.24) is 14.9 Å². The van der Waals surface area contributed by atoms with E-state index in [2.05, 4.69) is 10.3 Å². The molecule has 0 bridgehead atoms. The maximum absolute atomic E-state index is 11.3. The second-order valence-corrected chi connectivity index (χ2v) is 5.28. The summed E-state index contributed by atoms with van der Waals surface area (Å²) in [5.74, 6) is -0.480. The number of imidazole rings is 1. The molecule has 7 nitrogen and oxygen atoms in total. The Morgan fingerprint density at radius 1 is 1.59 bits per heavy atom. The molecule has 118 valence electrons. The summed E-state index contributed by atoms with van der Waals surface area (Å²) in [6.07, 6.45) is 2.91. The summed E-state index contributed by atoms with van der Waals surface area (Å²) in [6.45, 7) is 2.59. The van der Waals surface area contributed by atoms with Crippen LogP contribution in [0.15, 0.2) is 18.5 Å². The molecule has 7 heteroatoms. The van der Waals surface area contributed by atoms with Crippen LogP contribution >= 0.6 is 0 Å². The van der Waals surface area contributed by atoms with Crippen LogP contribution < -0.4 is 10.1 Å². The standard InChI is InChI=1S/C15H19N3O4/c1-16-3-5-22-13-7-10(15(19)20)6-12-14(13)17-9-18(12)8-11-2-4-21-11/h6-7,9,11,16H,2-5,8H2,1H3,(H,19,20). The number of likely N-dealkylation sites (N-methyl/N-ethyl adjacent to an activating group) is 1. The molecule has 0 radical (unpaired) electrons. The van der Waals surface area contributed by atoms with E-state index in [0.29, 0.717) is 31.0 Å². The molecular formula is C15H19N3O4. The maximum atomic E-state index is 11.3. The van der Waals surface area contributed by atoms with Gasteiger partial charge in [0.05, 0.1) is 30.1 Å². The highest BCUT2D eigenvalue weighted by Crippen LogP contribution is 2.28. The van der Waals surface area contributed by atoms with Crippen molar-refractivity contribution in [2.45, 2.75) is 19.1 Å². The highest BCUT2D eigenvalue weighted by atomic mass is 16.5. The van der Waals surface area contributed by atoms with E-state index in [1.807, 2.05) is 11.6 Å². The number of carbonyl (C=O) groups is 1. The Morgan fingerprint density at radius 3 is 3.05 bits per heavy atom. The number of carboxylic acid groups (broad SMARTS) is 1. The number of hydrogen-bond donors (Lipinski definition) is 2. The molecule has 0 spiro atoms. The number of aromatic nitrogens is 2. The average molecular weight is 305 g/mol. The first kappa shape index (κ1) is 14.8. The first-order chi connectivity index (χ1) is 10.7. The van der Waals surface area contributed by atoms with Crippen LogP contribution in [0.25, 0.3) is 11.0 Å². The van der Waals surface area contributed by atoms with Crippen molar-refractivity contribution in [3.63, 3.8) is 0 Å². The van der Waals surface area contributed by atoms with Crippen molar-refractivity contribution in [3.05, 3.63) is 24.0 Å². The number of aromatic carboxylic acids is 1. The number of nitrogens with zero attached hydrogens (tertiary/aromatic N) is 2. The Balaban J connectivity index is 1.95. The molecule has 1 fully saturated rings. The number of nitrogens with one attached hydrogen (secondary N) is 1. The van der Waals surface area contributed by atoms with Gasteiger partial charge in [0.15, 0.2) is 0 Å². The lowest BCUT2D eigenvalue weighted by Crippen LogP contribution is -2.30. The van der Waals surface area contributed by atoms with Gasteiger partial charge in [-0.05, 0) is 25.6 Å². The smallest absolute Gasteiger partial charge is 0.335 e. The van der Waals surface area contributed by atoms with Gasteiger partial charge >= 0.3 is 5.97 Å². The van der Waals surface area contributed by atoms with Crippen LogP contribution in [0, 0.1) is 0 Å². The molecular weight excluding hydrogens is 286 g/mol. The van der Waals surface area contributed by atoms with E-state index < -0.39 is 5.97 Å². The maximum Gasteiger partial charge on any atom is 0.335 e. The van der Waals surface area contributed by atoms with Crippen LogP contribution in [0.2, 0.25) is 0 Å². The SMILES string of the molecule is CNCCOc1cc(C(=O)O)cc2c1ncn2CC1CCO1. The minimum Gasteiger partial charge on any atom is -0.490 e. The van der Waals surface area contributed by atoms with Gasteiger partial charge < -0.3 is 24.5 Å². The van der Waals surface area contributed by atoms with Crippen molar-refractivity contribution < 1.29 is 19.4 Å². The second-order valence-electron chi connectivity index (χ2n) is 5.28. The largest absolute Gasteiger partial charge is 0.490 e. The van der Waals surface area contributed by atoms with Crippen molar-refractivity contribution in [3.8, 4) is 5.75 Å². The summed E-state index contributed by atoms with van der Waals surface area (Å²) < 4.78 is 13.0. The first-order valence-electron chi connectivity index (χ1n) is 7.30. The second kappa shape index (κ2) is 6.33. The van der Waals surface area contributed by atoms with Crippen LogP contribution in [0.1, 0.15) is 16.8 Å². The molecule has 1 atom stereocenters. The molecule has 1 unspecified atom stereocenters. The molecule has 3 rings (SSSR count). The van der Waals surface area contributed by atoms with Gasteiger partial charge in [0.2, 0.25) is 0 Å². The van der Waals surface area contributed by atoms with Crippen molar-refractivity contribution in [1.29, 1.82) is 0 Å². The van der Waals surface area contributed by atoms with Gasteiger partial charge in [-0.2, -0.15) is 0 Å². The van der Waals surface area contributed by atoms with Crippen LogP contribution in [0.5, 0.6) is 5.75 Å². The molecule has 22 heavy (non-hydrogen) atoms. The Kier molecular flexibility index (Phi) is 4.26. The lowest BCUT2D eigenvalue weighted by Gasteiger charge is -2.26. The fourth-order valence-corrected chi connectivity index (χ4v) is 2.42. The molecule has 1 saturated heterocycles. The Morgan fingerprint density at radius 2 is 2.41 bits per heavy atom. The van der Waals surface area contributed by atoms with Crippen molar-refractivity contribution in [2.75, 3.05) is 26.8 Å². The highest BCUT2D eigenvalue weighted by Gasteiger charge is 2.21. The quantitative estimate of drug-likeness (QED) is 0.746. The molecule has 0 saturated carbocycles. The average Bonchev–Trinajstić information content (AvgIpc) is 2.86. The number of ether oxygens (including phenoxy) is 2. The molecule has 1 aromatic heterocycles. The Bertz CT molecular complexity index is 679. The van der Waals surface area contributed by atoms with Crippen molar-refractivity contribution >= 4 is 17.0 Å². The molecule has 2 N–H and O–H groups in total. The van der Waals surface area contributed by atoms with E-state index in [1.165, 1.54) is 6.07 Å². The number of rotatable bonds is 7. The lowest BCUT2D eigenvalue weighted by molar-refractivity contribution is -0.0586. The summed E-state index contributed by atoms with van der Waals surface area (Å²) in [4.78, 5) is 15.7. The van der Waals surface area contributed by atoms with Gasteiger partial charge in [0.1, 0.15) is 17.9 Å². The molecule has 2 heterocycles. The first-order valence-corrected chi connectivity index (χ1v) is 7.30. The topological polar surface area (TPSA) is 85.6 Å². The fourth-order valence-electron chi connectivity index (χ4n) is 2.42. The van der Waals surface area contributed by atoms with Gasteiger partial charge in [0.25, 0.3) is 0 Å². The molecule has 1 aromatic carbocycles. The van der Waals surface area contributed by atoms with E-state index in [0.717, 1.165) is 18.5 Å². The van der Waals surface area contributed by atoms with Crippen molar-refractivity contribution in [2.24, 2.45) is 0 Å². The third kappa shape index (κ3) is 2.90. The third-order valence-corrected chi connectivity index (χ3v) is 3.74. The number of hydrogen-bond acceptors (Lipinski definition) is 5. The zero-order valence-electron chi connectivity index (χ0n) is 12.4. The summed E-state index contributed by atoms with van der Waals surface area (Å²) in [6, 6.07) is 3.16. The Hall–Kier alpha value is -2.12. The minimum atomic E-state index is -0.979. The predicted molar refractivity (Wildman–Crippen MR) is 80.5 cm³/mol. The van der Waals surface area contributed by atoms with E-state index >= 15 is 0 Å². The van der Waals surface area contributed by atoms with E-state index in [1.54, 1.807) is 12.4 Å². The van der Waals surface area contributed by atoms with Crippen LogP contribution in [0.4, 0.5) is 0 Å². The number of carboxylic acids is 1. The van der Waals surface area contributed by atoms with Crippen LogP contribution in [-0.2, 0) is 11.3 Å². The molecule has 1 aliphatic rings. The third-order valence-electron chi connectivity index (χ3n) is 3.74. The van der Waals surface area contributed by atoms with Gasteiger partial charge in [-0.25, -0.2) is 9.78 Å². The fraction of sp³-hybridized carbons (Fsp3) is 0.467. The lowest BCUT2D eigenvalue weighted by atomic mass is 10.1. The monoisotopic (exact) mass is 305 g/mol. The Labute approximate surface area is 127 Å². The van der Waals surface area contributed by atoms with E-state index in [4.69, 9.17) is 9.47 Å². The molecule has 0 amide bonds. The van der Waals surface area contributed by atoms with Crippen LogP contribution in [-0.4, -0.2) is 53.5 Å². The molecule has 0 aliphatic carbocycles. The van der Waals surface area contributed by atoms with Gasteiger partial charge in [-0.3, -0.25) is 0 Å². The number of fused-ring (bicyclic) bond motifs is 1. The molecule has 2 aromatic rings. The summed E-state index contributed by atoms with van der Waals surface area (Å²) in [5, 5.41) is 12.3.